The van der Waals surface area contributed by atoms with Crippen LogP contribution in [0.5, 0.6) is 0 Å². The fourth-order valence-corrected chi connectivity index (χ4v) is 0.896. The Balaban J connectivity index is 1.93. The van der Waals surface area contributed by atoms with Gasteiger partial charge in [0.15, 0.2) is 5.96 Å². The van der Waals surface area contributed by atoms with Crippen molar-refractivity contribution in [2.75, 3.05) is 5.32 Å². The van der Waals surface area contributed by atoms with E-state index in [0.29, 0.717) is 12.0 Å². The molecule has 1 aromatic heterocycles. The summed E-state index contributed by atoms with van der Waals surface area (Å²) >= 11 is 0. The second-order valence-electron chi connectivity index (χ2n) is 2.84. The zero-order valence-corrected chi connectivity index (χ0v) is 6.62. The molecule has 0 atom stereocenters. The van der Waals surface area contributed by atoms with Gasteiger partial charge in [-0.3, -0.25) is 5.10 Å². The maximum Gasteiger partial charge on any atom is 0.194 e. The highest BCUT2D eigenvalue weighted by molar-refractivity contribution is 5.91. The molecule has 1 saturated carbocycles. The molecule has 1 fully saturated rings. The molecule has 0 amide bonds. The minimum Gasteiger partial charge on any atom is -0.370 e. The summed E-state index contributed by atoms with van der Waals surface area (Å²) < 4.78 is 0. The molecule has 0 bridgehead atoms. The summed E-state index contributed by atoms with van der Waals surface area (Å²) in [5, 5.41) is 9.41. The van der Waals surface area contributed by atoms with E-state index in [4.69, 9.17) is 5.73 Å². The summed E-state index contributed by atoms with van der Waals surface area (Å²) in [4.78, 5) is 4.20. The molecule has 12 heavy (non-hydrogen) atoms. The molecule has 1 heterocycles. The van der Waals surface area contributed by atoms with Crippen molar-refractivity contribution in [3.05, 3.63) is 12.3 Å². The minimum absolute atomic E-state index is 0.445. The largest absolute Gasteiger partial charge is 0.370 e. The Morgan fingerprint density at radius 3 is 3.17 bits per heavy atom. The van der Waals surface area contributed by atoms with Crippen LogP contribution in [0.1, 0.15) is 12.8 Å². The van der Waals surface area contributed by atoms with Crippen LogP contribution in [0, 0.1) is 0 Å². The normalized spacial score (nSPS) is 17.8. The summed E-state index contributed by atoms with van der Waals surface area (Å²) in [6.45, 7) is 0. The Bertz CT molecular complexity index is 272. The molecule has 5 nitrogen and oxygen atoms in total. The molecular weight excluding hydrogens is 154 g/mol. The highest BCUT2D eigenvalue weighted by Gasteiger charge is 2.20. The quantitative estimate of drug-likeness (QED) is 0.435. The van der Waals surface area contributed by atoms with E-state index in [1.54, 1.807) is 12.3 Å². The lowest BCUT2D eigenvalue weighted by atomic mass is 10.6. The first-order chi connectivity index (χ1) is 5.84. The molecule has 1 aliphatic rings. The van der Waals surface area contributed by atoms with Gasteiger partial charge in [-0.15, -0.1) is 0 Å². The zero-order chi connectivity index (χ0) is 8.39. The highest BCUT2D eigenvalue weighted by Crippen LogP contribution is 2.23. The van der Waals surface area contributed by atoms with Crippen LogP contribution in [-0.2, 0) is 0 Å². The monoisotopic (exact) mass is 165 g/mol. The number of aliphatic imine (C=N–C) groups is 1. The Kier molecular flexibility index (Phi) is 1.69. The van der Waals surface area contributed by atoms with Crippen LogP contribution in [-0.4, -0.2) is 22.2 Å². The fraction of sp³-hybridized carbons (Fsp3) is 0.429. The van der Waals surface area contributed by atoms with E-state index in [1.165, 1.54) is 0 Å². The van der Waals surface area contributed by atoms with Crippen molar-refractivity contribution in [2.45, 2.75) is 18.9 Å². The Morgan fingerprint density at radius 1 is 1.75 bits per heavy atom. The van der Waals surface area contributed by atoms with Crippen LogP contribution in [0.15, 0.2) is 17.3 Å². The molecule has 0 aromatic carbocycles. The van der Waals surface area contributed by atoms with E-state index in [9.17, 15) is 0 Å². The molecule has 0 spiro atoms. The van der Waals surface area contributed by atoms with Gasteiger partial charge in [0.1, 0.15) is 5.82 Å². The molecule has 0 saturated heterocycles. The van der Waals surface area contributed by atoms with Gasteiger partial charge in [0.2, 0.25) is 0 Å². The Labute approximate surface area is 70.1 Å². The smallest absolute Gasteiger partial charge is 0.194 e. The molecule has 0 radical (unpaired) electrons. The van der Waals surface area contributed by atoms with Crippen molar-refractivity contribution >= 4 is 11.8 Å². The van der Waals surface area contributed by atoms with E-state index < -0.39 is 0 Å². The number of nitrogens with zero attached hydrogens (tertiary/aromatic N) is 2. The zero-order valence-electron chi connectivity index (χ0n) is 6.62. The lowest BCUT2D eigenvalue weighted by Gasteiger charge is -2.00. The van der Waals surface area contributed by atoms with Gasteiger partial charge in [-0.05, 0) is 12.8 Å². The second kappa shape index (κ2) is 2.84. The van der Waals surface area contributed by atoms with E-state index in [1.807, 2.05) is 0 Å². The topological polar surface area (TPSA) is 79.1 Å². The van der Waals surface area contributed by atoms with E-state index in [2.05, 4.69) is 20.5 Å². The molecule has 1 aliphatic carbocycles. The number of nitrogens with two attached hydrogens (primary N) is 1. The maximum absolute atomic E-state index is 5.60. The summed E-state index contributed by atoms with van der Waals surface area (Å²) in [5.74, 6) is 1.23. The molecule has 5 heteroatoms. The number of H-pyrrole nitrogens is 1. The van der Waals surface area contributed by atoms with E-state index in [0.717, 1.165) is 18.7 Å². The third kappa shape index (κ3) is 1.75. The fourth-order valence-electron chi connectivity index (χ4n) is 0.896. The lowest BCUT2D eigenvalue weighted by Crippen LogP contribution is -2.23. The third-order valence-corrected chi connectivity index (χ3v) is 1.63. The average Bonchev–Trinajstić information content (AvgIpc) is 2.66. The lowest BCUT2D eigenvalue weighted by molar-refractivity contribution is 1.05. The summed E-state index contributed by atoms with van der Waals surface area (Å²) in [6, 6.07) is 2.25. The number of nitrogens with one attached hydrogen (secondary N) is 2. The van der Waals surface area contributed by atoms with Gasteiger partial charge in [0, 0.05) is 6.07 Å². The van der Waals surface area contributed by atoms with Gasteiger partial charge < -0.3 is 11.1 Å². The number of rotatable bonds is 2. The van der Waals surface area contributed by atoms with E-state index in [-0.39, 0.29) is 0 Å². The molecule has 0 aliphatic heterocycles. The Morgan fingerprint density at radius 2 is 2.58 bits per heavy atom. The third-order valence-electron chi connectivity index (χ3n) is 1.63. The highest BCUT2D eigenvalue weighted by atomic mass is 15.2. The van der Waals surface area contributed by atoms with Crippen molar-refractivity contribution in [3.8, 4) is 0 Å². The standard InChI is InChI=1S/C7H11N5/c8-7(10-5-1-2-5)11-6-3-4-9-12-6/h3-5H,1-2H2,(H4,8,9,10,11,12). The van der Waals surface area contributed by atoms with Crippen LogP contribution >= 0.6 is 0 Å². The number of aromatic amines is 1. The predicted molar refractivity (Wildman–Crippen MR) is 46.9 cm³/mol. The number of guanidine groups is 1. The summed E-state index contributed by atoms with van der Waals surface area (Å²) in [7, 11) is 0. The first-order valence-corrected chi connectivity index (χ1v) is 3.94. The van der Waals surface area contributed by atoms with Crippen LogP contribution in [0.4, 0.5) is 5.82 Å². The molecule has 0 unspecified atom stereocenters. The van der Waals surface area contributed by atoms with Crippen molar-refractivity contribution in [3.63, 3.8) is 0 Å². The molecular formula is C7H11N5. The van der Waals surface area contributed by atoms with Gasteiger partial charge in [-0.25, -0.2) is 4.99 Å². The summed E-state index contributed by atoms with van der Waals surface area (Å²) in [5.41, 5.74) is 5.60. The van der Waals surface area contributed by atoms with Crippen molar-refractivity contribution in [1.82, 2.24) is 10.2 Å². The van der Waals surface area contributed by atoms with Crippen molar-refractivity contribution in [1.29, 1.82) is 0 Å². The van der Waals surface area contributed by atoms with Crippen LogP contribution in [0.3, 0.4) is 0 Å². The number of anilines is 1. The van der Waals surface area contributed by atoms with Crippen LogP contribution in [0.2, 0.25) is 0 Å². The molecule has 4 N–H and O–H groups in total. The van der Waals surface area contributed by atoms with Gasteiger partial charge in [0.25, 0.3) is 0 Å². The predicted octanol–water partition coefficient (Wildman–Crippen LogP) is 0.299. The maximum atomic E-state index is 5.60. The van der Waals surface area contributed by atoms with Crippen LogP contribution in [0.25, 0.3) is 0 Å². The first kappa shape index (κ1) is 7.15. The van der Waals surface area contributed by atoms with Gasteiger partial charge in [-0.2, -0.15) is 5.10 Å². The minimum atomic E-state index is 0.445. The molecule has 64 valence electrons. The number of aromatic nitrogens is 2. The Hall–Kier alpha value is -1.52. The van der Waals surface area contributed by atoms with Gasteiger partial charge in [-0.1, -0.05) is 0 Å². The second-order valence-corrected chi connectivity index (χ2v) is 2.84. The van der Waals surface area contributed by atoms with Crippen LogP contribution < -0.4 is 11.1 Å². The summed E-state index contributed by atoms with van der Waals surface area (Å²) in [6.07, 6.45) is 3.98. The van der Waals surface area contributed by atoms with Gasteiger partial charge >= 0.3 is 0 Å². The molecule has 2 rings (SSSR count). The SMILES string of the molecule is NC(=NC1CC1)Nc1ccn[nH]1. The first-order valence-electron chi connectivity index (χ1n) is 3.94. The average molecular weight is 165 g/mol. The van der Waals surface area contributed by atoms with E-state index >= 15 is 0 Å². The number of hydrogen-bond donors (Lipinski definition) is 3. The van der Waals surface area contributed by atoms with Crippen molar-refractivity contribution < 1.29 is 0 Å². The number of hydrogen-bond acceptors (Lipinski definition) is 2. The van der Waals surface area contributed by atoms with Gasteiger partial charge in [0.05, 0.1) is 12.2 Å². The molecule has 1 aromatic rings. The van der Waals surface area contributed by atoms with Crippen molar-refractivity contribution in [2.24, 2.45) is 10.7 Å².